The predicted octanol–water partition coefficient (Wildman–Crippen LogP) is 1.43. The highest BCUT2D eigenvalue weighted by Gasteiger charge is 2.19. The molecule has 0 aliphatic heterocycles. The second-order valence-corrected chi connectivity index (χ2v) is 3.39. The summed E-state index contributed by atoms with van der Waals surface area (Å²) in [5.41, 5.74) is -1.27. The highest BCUT2D eigenvalue weighted by atomic mass is 19.3. The van der Waals surface area contributed by atoms with Gasteiger partial charge in [-0.2, -0.15) is 0 Å². The zero-order chi connectivity index (χ0) is 13.7. The number of rotatable bonds is 5. The molecular formula is C11H13F2NO4. The molecule has 0 saturated carbocycles. The molecule has 1 aromatic rings. The van der Waals surface area contributed by atoms with Gasteiger partial charge < -0.3 is 14.5 Å². The van der Waals surface area contributed by atoms with Gasteiger partial charge >= 0.3 is 5.97 Å². The number of ether oxygens (including phenoxy) is 2. The first kappa shape index (κ1) is 14.1. The molecule has 100 valence electrons. The number of pyridine rings is 1. The summed E-state index contributed by atoms with van der Waals surface area (Å²) in [4.78, 5) is 25.0. The maximum atomic E-state index is 12.7. The summed E-state index contributed by atoms with van der Waals surface area (Å²) in [5.74, 6) is -1.05. The van der Waals surface area contributed by atoms with Crippen LogP contribution in [0.1, 0.15) is 24.7 Å². The summed E-state index contributed by atoms with van der Waals surface area (Å²) in [6.45, 7) is 1.81. The van der Waals surface area contributed by atoms with Gasteiger partial charge in [0.25, 0.3) is 6.43 Å². The van der Waals surface area contributed by atoms with Crippen molar-refractivity contribution in [3.05, 3.63) is 27.7 Å². The van der Waals surface area contributed by atoms with Crippen molar-refractivity contribution in [3.63, 3.8) is 0 Å². The number of carbonyl (C=O) groups is 1. The van der Waals surface area contributed by atoms with Gasteiger partial charge in [0.1, 0.15) is 5.69 Å². The van der Waals surface area contributed by atoms with Crippen LogP contribution in [-0.2, 0) is 16.0 Å². The Morgan fingerprint density at radius 2 is 2.17 bits per heavy atom. The first-order chi connectivity index (χ1) is 8.49. The van der Waals surface area contributed by atoms with Gasteiger partial charge in [-0.15, -0.1) is 0 Å². The van der Waals surface area contributed by atoms with Crippen LogP contribution in [0.2, 0.25) is 0 Å². The van der Waals surface area contributed by atoms with E-state index in [1.54, 1.807) is 6.92 Å². The average molecular weight is 261 g/mol. The summed E-state index contributed by atoms with van der Waals surface area (Å²) in [6.07, 6.45) is -3.16. The van der Waals surface area contributed by atoms with E-state index in [0.29, 0.717) is 0 Å². The molecule has 0 bridgehead atoms. The molecule has 0 atom stereocenters. The molecule has 1 aromatic heterocycles. The maximum absolute atomic E-state index is 12.7. The van der Waals surface area contributed by atoms with E-state index in [1.165, 1.54) is 0 Å². The molecule has 0 aliphatic rings. The van der Waals surface area contributed by atoms with E-state index in [1.807, 2.05) is 0 Å². The molecule has 0 amide bonds. The van der Waals surface area contributed by atoms with Crippen LogP contribution in [0.5, 0.6) is 5.75 Å². The van der Waals surface area contributed by atoms with E-state index >= 15 is 0 Å². The van der Waals surface area contributed by atoms with Gasteiger partial charge in [-0.3, -0.25) is 9.59 Å². The summed E-state index contributed by atoms with van der Waals surface area (Å²) in [7, 11) is 1.13. The monoisotopic (exact) mass is 261 g/mol. The van der Waals surface area contributed by atoms with Gasteiger partial charge in [0.2, 0.25) is 5.43 Å². The van der Waals surface area contributed by atoms with E-state index in [0.717, 1.165) is 13.2 Å². The Kier molecular flexibility index (Phi) is 4.82. The normalized spacial score (nSPS) is 10.5. The minimum atomic E-state index is -2.89. The Balaban J connectivity index is 3.09. The van der Waals surface area contributed by atoms with Crippen LogP contribution in [0.15, 0.2) is 10.9 Å². The van der Waals surface area contributed by atoms with Crippen LogP contribution in [0.25, 0.3) is 0 Å². The second-order valence-electron chi connectivity index (χ2n) is 3.39. The Morgan fingerprint density at radius 3 is 2.67 bits per heavy atom. The van der Waals surface area contributed by atoms with Crippen LogP contribution in [0.4, 0.5) is 8.78 Å². The molecule has 0 radical (unpaired) electrons. The number of halogens is 2. The molecule has 0 fully saturated rings. The van der Waals surface area contributed by atoms with Gasteiger partial charge in [-0.25, -0.2) is 8.78 Å². The fourth-order valence-corrected chi connectivity index (χ4v) is 1.45. The number of aromatic nitrogens is 1. The third-order valence-corrected chi connectivity index (χ3v) is 2.13. The van der Waals surface area contributed by atoms with Crippen molar-refractivity contribution in [3.8, 4) is 5.75 Å². The molecule has 1 heterocycles. The third-order valence-electron chi connectivity index (χ3n) is 2.13. The predicted molar refractivity (Wildman–Crippen MR) is 58.9 cm³/mol. The highest BCUT2D eigenvalue weighted by Crippen LogP contribution is 2.23. The standard InChI is InChI=1S/C11H13F2NO4/c1-3-18-8(16)5-6-4-7(15)10(17-2)9(14-6)11(12)13/h4,11H,3,5H2,1-2H3,(H,14,15). The zero-order valence-corrected chi connectivity index (χ0v) is 9.96. The van der Waals surface area contributed by atoms with Crippen molar-refractivity contribution in [2.24, 2.45) is 0 Å². The van der Waals surface area contributed by atoms with E-state index in [9.17, 15) is 18.4 Å². The lowest BCUT2D eigenvalue weighted by molar-refractivity contribution is -0.142. The van der Waals surface area contributed by atoms with Crippen LogP contribution >= 0.6 is 0 Å². The number of nitrogens with one attached hydrogen (secondary N) is 1. The zero-order valence-electron chi connectivity index (χ0n) is 9.96. The molecule has 1 rings (SSSR count). The van der Waals surface area contributed by atoms with Crippen molar-refractivity contribution in [1.29, 1.82) is 0 Å². The van der Waals surface area contributed by atoms with Gasteiger partial charge in [-0.05, 0) is 6.92 Å². The minimum Gasteiger partial charge on any atom is -0.491 e. The summed E-state index contributed by atoms with van der Waals surface area (Å²) in [5, 5.41) is 0. The molecule has 0 spiro atoms. The van der Waals surface area contributed by atoms with Crippen molar-refractivity contribution < 1.29 is 23.0 Å². The van der Waals surface area contributed by atoms with Gasteiger partial charge in [0.15, 0.2) is 5.75 Å². The lowest BCUT2D eigenvalue weighted by Crippen LogP contribution is -2.16. The lowest BCUT2D eigenvalue weighted by atomic mass is 10.2. The van der Waals surface area contributed by atoms with Crippen molar-refractivity contribution in [2.45, 2.75) is 19.8 Å². The Morgan fingerprint density at radius 1 is 1.50 bits per heavy atom. The van der Waals surface area contributed by atoms with Crippen molar-refractivity contribution in [2.75, 3.05) is 13.7 Å². The number of esters is 1. The minimum absolute atomic E-state index is 0.0644. The van der Waals surface area contributed by atoms with E-state index in [-0.39, 0.29) is 18.7 Å². The molecule has 0 unspecified atom stereocenters. The van der Waals surface area contributed by atoms with Crippen LogP contribution in [-0.4, -0.2) is 24.7 Å². The molecule has 5 nitrogen and oxygen atoms in total. The van der Waals surface area contributed by atoms with Crippen LogP contribution < -0.4 is 10.2 Å². The maximum Gasteiger partial charge on any atom is 0.311 e. The number of alkyl halides is 2. The molecule has 0 aromatic carbocycles. The Hall–Kier alpha value is -1.92. The van der Waals surface area contributed by atoms with Crippen molar-refractivity contribution >= 4 is 5.97 Å². The SMILES string of the molecule is CCOC(=O)Cc1cc(=O)c(OC)c(C(F)F)[nH]1. The summed E-state index contributed by atoms with van der Waals surface area (Å²) >= 11 is 0. The second kappa shape index (κ2) is 6.13. The average Bonchev–Trinajstić information content (AvgIpc) is 2.28. The Labute approximate surface area is 102 Å². The number of hydrogen-bond donors (Lipinski definition) is 1. The van der Waals surface area contributed by atoms with Gasteiger partial charge in [0, 0.05) is 11.8 Å². The topological polar surface area (TPSA) is 68.4 Å². The number of carbonyl (C=O) groups excluding carboxylic acids is 1. The largest absolute Gasteiger partial charge is 0.491 e. The molecule has 0 aliphatic carbocycles. The lowest BCUT2D eigenvalue weighted by Gasteiger charge is -2.09. The molecule has 1 N–H and O–H groups in total. The number of hydrogen-bond acceptors (Lipinski definition) is 4. The first-order valence-electron chi connectivity index (χ1n) is 5.23. The number of methoxy groups -OCH3 is 1. The first-order valence-corrected chi connectivity index (χ1v) is 5.23. The van der Waals surface area contributed by atoms with Gasteiger partial charge in [0.05, 0.1) is 20.1 Å². The third kappa shape index (κ3) is 3.28. The summed E-state index contributed by atoms with van der Waals surface area (Å²) < 4.78 is 34.7. The number of aromatic amines is 1. The van der Waals surface area contributed by atoms with E-state index in [2.05, 4.69) is 14.5 Å². The summed E-state index contributed by atoms with van der Waals surface area (Å²) in [6, 6.07) is 1.04. The molecular weight excluding hydrogens is 248 g/mol. The van der Waals surface area contributed by atoms with Crippen LogP contribution in [0.3, 0.4) is 0 Å². The van der Waals surface area contributed by atoms with E-state index in [4.69, 9.17) is 0 Å². The Bertz CT molecular complexity index is 484. The number of H-pyrrole nitrogens is 1. The molecule has 18 heavy (non-hydrogen) atoms. The quantitative estimate of drug-likeness (QED) is 0.814. The van der Waals surface area contributed by atoms with Gasteiger partial charge in [-0.1, -0.05) is 0 Å². The van der Waals surface area contributed by atoms with Crippen LogP contribution in [0, 0.1) is 0 Å². The smallest absolute Gasteiger partial charge is 0.311 e. The molecule has 7 heteroatoms. The van der Waals surface area contributed by atoms with Crippen molar-refractivity contribution in [1.82, 2.24) is 4.98 Å². The van der Waals surface area contributed by atoms with E-state index < -0.39 is 29.3 Å². The molecule has 0 saturated heterocycles. The fraction of sp³-hybridized carbons (Fsp3) is 0.455. The highest BCUT2D eigenvalue weighted by molar-refractivity contribution is 5.72. The fourth-order valence-electron chi connectivity index (χ4n) is 1.45.